The average molecular weight is 302 g/mol. The van der Waals surface area contributed by atoms with Crippen LogP contribution in [0.4, 0.5) is 4.79 Å². The van der Waals surface area contributed by atoms with Gasteiger partial charge in [0.25, 0.3) is 0 Å². The van der Waals surface area contributed by atoms with E-state index in [1.54, 1.807) is 4.90 Å². The Kier molecular flexibility index (Phi) is 4.49. The molecule has 0 spiro atoms. The molecule has 0 aromatic rings. The number of aliphatic hydroxyl groups excluding tert-OH is 1. The van der Waals surface area contributed by atoms with Crippen molar-refractivity contribution in [1.82, 2.24) is 9.80 Å². The van der Waals surface area contributed by atoms with Gasteiger partial charge < -0.3 is 20.0 Å². The number of carboxylic acid groups (broad SMARTS) is 1. The molecule has 2 fully saturated rings. The van der Waals surface area contributed by atoms with Crippen LogP contribution in [0.25, 0.3) is 0 Å². The maximum atomic E-state index is 12.5. The molecule has 114 valence electrons. The van der Waals surface area contributed by atoms with Crippen LogP contribution in [0.2, 0.25) is 0 Å². The highest BCUT2D eigenvalue weighted by atomic mass is 32.2. The second-order valence-electron chi connectivity index (χ2n) is 6.02. The lowest BCUT2D eigenvalue weighted by atomic mass is 10.1. The Bertz CT molecular complexity index is 402. The van der Waals surface area contributed by atoms with Gasteiger partial charge in [-0.05, 0) is 6.42 Å². The Morgan fingerprint density at radius 1 is 1.30 bits per heavy atom. The fourth-order valence-corrected chi connectivity index (χ4v) is 3.75. The summed E-state index contributed by atoms with van der Waals surface area (Å²) in [5, 5.41) is 18.8. The van der Waals surface area contributed by atoms with Crippen LogP contribution in [0.5, 0.6) is 0 Å². The number of amides is 2. The minimum absolute atomic E-state index is 0.114. The lowest BCUT2D eigenvalue weighted by Crippen LogP contribution is -2.49. The third-order valence-electron chi connectivity index (χ3n) is 3.92. The number of rotatable bonds is 1. The van der Waals surface area contributed by atoms with Crippen LogP contribution in [-0.2, 0) is 4.79 Å². The first-order chi connectivity index (χ1) is 9.30. The van der Waals surface area contributed by atoms with Gasteiger partial charge in [0.2, 0.25) is 0 Å². The molecule has 0 aromatic heterocycles. The van der Waals surface area contributed by atoms with Crippen molar-refractivity contribution in [3.63, 3.8) is 0 Å². The number of hydrogen-bond donors (Lipinski definition) is 2. The summed E-state index contributed by atoms with van der Waals surface area (Å²) in [6, 6.07) is -1.16. The third kappa shape index (κ3) is 3.38. The fourth-order valence-electron chi connectivity index (χ4n) is 2.65. The third-order valence-corrected chi connectivity index (χ3v) is 5.29. The zero-order valence-electron chi connectivity index (χ0n) is 11.9. The van der Waals surface area contributed by atoms with E-state index in [1.165, 1.54) is 4.90 Å². The first kappa shape index (κ1) is 15.4. The molecule has 0 aliphatic carbocycles. The fraction of sp³-hybridized carbons (Fsp3) is 0.846. The molecule has 0 aromatic carbocycles. The highest BCUT2D eigenvalue weighted by Gasteiger charge is 2.41. The largest absolute Gasteiger partial charge is 0.480 e. The molecule has 2 heterocycles. The zero-order chi connectivity index (χ0) is 14.9. The number of thioether (sulfide) groups is 1. The van der Waals surface area contributed by atoms with Gasteiger partial charge in [-0.1, -0.05) is 13.8 Å². The van der Waals surface area contributed by atoms with Gasteiger partial charge in [-0.25, -0.2) is 9.59 Å². The van der Waals surface area contributed by atoms with E-state index in [9.17, 15) is 14.7 Å². The Morgan fingerprint density at radius 2 is 2.00 bits per heavy atom. The van der Waals surface area contributed by atoms with Gasteiger partial charge >= 0.3 is 12.0 Å². The molecule has 6 nitrogen and oxygen atoms in total. The van der Waals surface area contributed by atoms with Gasteiger partial charge in [-0.2, -0.15) is 11.8 Å². The Labute approximate surface area is 123 Å². The maximum Gasteiger partial charge on any atom is 0.326 e. The van der Waals surface area contributed by atoms with E-state index in [0.717, 1.165) is 12.2 Å². The van der Waals surface area contributed by atoms with E-state index in [2.05, 4.69) is 13.8 Å². The maximum absolute atomic E-state index is 12.5. The monoisotopic (exact) mass is 302 g/mol. The first-order valence-corrected chi connectivity index (χ1v) is 7.89. The number of likely N-dealkylation sites (tertiary alicyclic amines) is 1. The summed E-state index contributed by atoms with van der Waals surface area (Å²) in [4.78, 5) is 26.7. The highest BCUT2D eigenvalue weighted by Crippen LogP contribution is 2.31. The smallest absolute Gasteiger partial charge is 0.326 e. The molecule has 20 heavy (non-hydrogen) atoms. The topological polar surface area (TPSA) is 81.1 Å². The molecule has 2 aliphatic heterocycles. The van der Waals surface area contributed by atoms with E-state index < -0.39 is 18.1 Å². The van der Waals surface area contributed by atoms with Gasteiger partial charge in [-0.15, -0.1) is 0 Å². The van der Waals surface area contributed by atoms with Crippen molar-refractivity contribution in [1.29, 1.82) is 0 Å². The number of aliphatic carboxylic acids is 1. The number of carboxylic acids is 1. The number of nitrogens with zero attached hydrogens (tertiary/aromatic N) is 2. The van der Waals surface area contributed by atoms with E-state index in [4.69, 9.17) is 5.11 Å². The van der Waals surface area contributed by atoms with Crippen molar-refractivity contribution in [2.45, 2.75) is 43.6 Å². The number of β-amino-alcohol motifs (C(OH)–C–C–N with tert-alkyl or cyclic N) is 1. The minimum atomic E-state index is -1.04. The number of aliphatic hydroxyl groups is 1. The lowest BCUT2D eigenvalue weighted by Gasteiger charge is -2.29. The second kappa shape index (κ2) is 5.81. The first-order valence-electron chi connectivity index (χ1n) is 6.90. The molecule has 2 rings (SSSR count). The normalized spacial score (nSPS) is 30.1. The van der Waals surface area contributed by atoms with Crippen molar-refractivity contribution in [2.24, 2.45) is 0 Å². The summed E-state index contributed by atoms with van der Waals surface area (Å²) in [5.41, 5.74) is 0. The molecule has 0 bridgehead atoms. The number of urea groups is 1. The summed E-state index contributed by atoms with van der Waals surface area (Å²) in [6.07, 6.45) is 0.269. The molecular formula is C13H22N2O4S. The van der Waals surface area contributed by atoms with E-state index >= 15 is 0 Å². The van der Waals surface area contributed by atoms with Gasteiger partial charge in [-0.3, -0.25) is 0 Å². The van der Waals surface area contributed by atoms with Gasteiger partial charge in [0, 0.05) is 36.6 Å². The van der Waals surface area contributed by atoms with Crippen LogP contribution in [0.15, 0.2) is 0 Å². The lowest BCUT2D eigenvalue weighted by molar-refractivity contribution is -0.141. The van der Waals surface area contributed by atoms with Crippen molar-refractivity contribution >= 4 is 23.8 Å². The zero-order valence-corrected chi connectivity index (χ0v) is 12.7. The SMILES string of the molecule is CC1(C)CCN(C(=O)N2C[C@H](O)C[C@@H]2C(=O)O)CCS1. The predicted octanol–water partition coefficient (Wildman–Crippen LogP) is 0.844. The van der Waals surface area contributed by atoms with E-state index in [1.807, 2.05) is 11.8 Å². The van der Waals surface area contributed by atoms with Crippen LogP contribution in [0, 0.1) is 0 Å². The molecule has 0 saturated carbocycles. The molecular weight excluding hydrogens is 280 g/mol. The molecule has 2 N–H and O–H groups in total. The summed E-state index contributed by atoms with van der Waals surface area (Å²) in [5.74, 6) is -0.188. The van der Waals surface area contributed by atoms with Crippen LogP contribution in [-0.4, -0.2) is 74.3 Å². The van der Waals surface area contributed by atoms with E-state index in [-0.39, 0.29) is 23.7 Å². The quantitative estimate of drug-likeness (QED) is 0.750. The van der Waals surface area contributed by atoms with Crippen molar-refractivity contribution in [2.75, 3.05) is 25.4 Å². The van der Waals surface area contributed by atoms with Crippen LogP contribution < -0.4 is 0 Å². The van der Waals surface area contributed by atoms with Crippen LogP contribution in [0.3, 0.4) is 0 Å². The Hall–Kier alpha value is -0.950. The molecule has 2 saturated heterocycles. The van der Waals surface area contributed by atoms with Gasteiger partial charge in [0.05, 0.1) is 6.10 Å². The average Bonchev–Trinajstić information content (AvgIpc) is 2.65. The molecule has 7 heteroatoms. The second-order valence-corrected chi connectivity index (χ2v) is 7.83. The Morgan fingerprint density at radius 3 is 2.65 bits per heavy atom. The summed E-state index contributed by atoms with van der Waals surface area (Å²) < 4.78 is 0.145. The summed E-state index contributed by atoms with van der Waals surface area (Å²) >= 11 is 1.83. The van der Waals surface area contributed by atoms with Gasteiger partial charge in [0.1, 0.15) is 6.04 Å². The predicted molar refractivity (Wildman–Crippen MR) is 76.9 cm³/mol. The van der Waals surface area contributed by atoms with Crippen LogP contribution >= 0.6 is 11.8 Å². The number of carbonyl (C=O) groups is 2. The summed E-state index contributed by atoms with van der Waals surface area (Å²) in [7, 11) is 0. The van der Waals surface area contributed by atoms with E-state index in [0.29, 0.717) is 13.1 Å². The highest BCUT2D eigenvalue weighted by molar-refractivity contribution is 8.00. The minimum Gasteiger partial charge on any atom is -0.480 e. The molecule has 2 atom stereocenters. The number of hydrogen-bond acceptors (Lipinski definition) is 4. The standard InChI is InChI=1S/C13H22N2O4S/c1-13(2)3-4-14(5-6-20-13)12(19)15-8-9(16)7-10(15)11(17)18/h9-10,16H,3-8H2,1-2H3,(H,17,18)/t9-,10-/m1/s1. The Balaban J connectivity index is 2.05. The molecule has 2 amide bonds. The van der Waals surface area contributed by atoms with Crippen LogP contribution in [0.1, 0.15) is 26.7 Å². The van der Waals surface area contributed by atoms with Crippen molar-refractivity contribution < 1.29 is 19.8 Å². The molecule has 2 aliphatic rings. The number of carbonyl (C=O) groups excluding carboxylic acids is 1. The van der Waals surface area contributed by atoms with Gasteiger partial charge in [0.15, 0.2) is 0 Å². The molecule has 0 unspecified atom stereocenters. The summed E-state index contributed by atoms with van der Waals surface area (Å²) in [6.45, 7) is 5.70. The van der Waals surface area contributed by atoms with Crippen molar-refractivity contribution in [3.8, 4) is 0 Å². The molecule has 0 radical (unpaired) electrons. The van der Waals surface area contributed by atoms with Crippen molar-refractivity contribution in [3.05, 3.63) is 0 Å².